The Hall–Kier alpha value is -1.11. The number of sulfonamides is 1. The second-order valence-corrected chi connectivity index (χ2v) is 7.66. The smallest absolute Gasteiger partial charge is 0.243 e. The Morgan fingerprint density at radius 2 is 1.90 bits per heavy atom. The molecule has 0 bridgehead atoms. The molecule has 1 aliphatic heterocycles. The molecule has 2 fully saturated rings. The second kappa shape index (κ2) is 5.94. The molecular formula is C15H21NO4S. The molecule has 1 aromatic rings. The van der Waals surface area contributed by atoms with E-state index in [2.05, 4.69) is 0 Å². The fraction of sp³-hybridized carbons (Fsp3) is 0.600. The van der Waals surface area contributed by atoms with Gasteiger partial charge in [-0.2, -0.15) is 4.31 Å². The van der Waals surface area contributed by atoms with Crippen LogP contribution in [-0.4, -0.2) is 45.6 Å². The molecule has 0 radical (unpaired) electrons. The topological polar surface area (TPSA) is 55.8 Å². The average Bonchev–Trinajstić information content (AvgIpc) is 3.21. The third-order valence-electron chi connectivity index (χ3n) is 4.07. The van der Waals surface area contributed by atoms with E-state index in [0.29, 0.717) is 29.7 Å². The SMILES string of the molecule is COc1ccc(S(=O)(=O)N2CCC(OCC3CC3)C2)cc1. The van der Waals surface area contributed by atoms with E-state index in [4.69, 9.17) is 9.47 Å². The zero-order chi connectivity index (χ0) is 14.9. The molecule has 1 aromatic carbocycles. The van der Waals surface area contributed by atoms with Crippen molar-refractivity contribution >= 4 is 10.0 Å². The molecule has 21 heavy (non-hydrogen) atoms. The lowest BCUT2D eigenvalue weighted by Gasteiger charge is -2.17. The van der Waals surface area contributed by atoms with E-state index in [1.54, 1.807) is 31.4 Å². The van der Waals surface area contributed by atoms with E-state index in [-0.39, 0.29) is 6.10 Å². The van der Waals surface area contributed by atoms with Gasteiger partial charge in [0.25, 0.3) is 0 Å². The lowest BCUT2D eigenvalue weighted by atomic mass is 10.3. The highest BCUT2D eigenvalue weighted by Gasteiger charge is 2.34. The number of hydrogen-bond donors (Lipinski definition) is 0. The second-order valence-electron chi connectivity index (χ2n) is 5.73. The molecule has 0 N–H and O–H groups in total. The van der Waals surface area contributed by atoms with E-state index in [1.165, 1.54) is 17.1 Å². The minimum absolute atomic E-state index is 0.0404. The molecule has 1 saturated carbocycles. The van der Waals surface area contributed by atoms with Crippen LogP contribution >= 0.6 is 0 Å². The van der Waals surface area contributed by atoms with E-state index in [9.17, 15) is 8.42 Å². The van der Waals surface area contributed by atoms with Crippen molar-refractivity contribution in [2.24, 2.45) is 5.92 Å². The Morgan fingerprint density at radius 3 is 2.52 bits per heavy atom. The van der Waals surface area contributed by atoms with Crippen molar-refractivity contribution in [3.8, 4) is 5.75 Å². The molecule has 1 heterocycles. The molecule has 5 nitrogen and oxygen atoms in total. The maximum atomic E-state index is 12.6. The lowest BCUT2D eigenvalue weighted by molar-refractivity contribution is 0.0561. The summed E-state index contributed by atoms with van der Waals surface area (Å²) in [6.45, 7) is 1.77. The minimum Gasteiger partial charge on any atom is -0.497 e. The van der Waals surface area contributed by atoms with Gasteiger partial charge in [0.05, 0.1) is 18.1 Å². The minimum atomic E-state index is -3.42. The van der Waals surface area contributed by atoms with Crippen LogP contribution in [0.1, 0.15) is 19.3 Å². The summed E-state index contributed by atoms with van der Waals surface area (Å²) in [6.07, 6.45) is 3.32. The van der Waals surface area contributed by atoms with Crippen LogP contribution in [0.25, 0.3) is 0 Å². The number of rotatable bonds is 6. The molecule has 0 aromatic heterocycles. The van der Waals surface area contributed by atoms with Crippen LogP contribution in [-0.2, 0) is 14.8 Å². The molecule has 1 unspecified atom stereocenters. The molecule has 0 spiro atoms. The maximum absolute atomic E-state index is 12.6. The highest BCUT2D eigenvalue weighted by Crippen LogP contribution is 2.30. The van der Waals surface area contributed by atoms with Crippen LogP contribution in [0.3, 0.4) is 0 Å². The Bertz CT molecular complexity index is 580. The summed E-state index contributed by atoms with van der Waals surface area (Å²) in [7, 11) is -1.86. The van der Waals surface area contributed by atoms with Gasteiger partial charge in [0.1, 0.15) is 5.75 Å². The van der Waals surface area contributed by atoms with Gasteiger partial charge >= 0.3 is 0 Å². The summed E-state index contributed by atoms with van der Waals surface area (Å²) in [5.41, 5.74) is 0. The van der Waals surface area contributed by atoms with Crippen molar-refractivity contribution in [2.45, 2.75) is 30.3 Å². The van der Waals surface area contributed by atoms with E-state index < -0.39 is 10.0 Å². The Balaban J connectivity index is 1.63. The predicted octanol–water partition coefficient (Wildman–Crippen LogP) is 1.88. The van der Waals surface area contributed by atoms with Gasteiger partial charge in [-0.05, 0) is 49.4 Å². The first-order valence-electron chi connectivity index (χ1n) is 7.35. The van der Waals surface area contributed by atoms with Crippen molar-refractivity contribution in [1.82, 2.24) is 4.31 Å². The summed E-state index contributed by atoms with van der Waals surface area (Å²) < 4.78 is 37.5. The number of nitrogens with zero attached hydrogens (tertiary/aromatic N) is 1. The molecule has 116 valence electrons. The van der Waals surface area contributed by atoms with Gasteiger partial charge in [0.15, 0.2) is 0 Å². The summed E-state index contributed by atoms with van der Waals surface area (Å²) in [5, 5.41) is 0. The van der Waals surface area contributed by atoms with Crippen LogP contribution < -0.4 is 4.74 Å². The van der Waals surface area contributed by atoms with Gasteiger partial charge in [0, 0.05) is 19.7 Å². The van der Waals surface area contributed by atoms with Crippen LogP contribution in [0.5, 0.6) is 5.75 Å². The predicted molar refractivity (Wildman–Crippen MR) is 78.8 cm³/mol. The Kier molecular flexibility index (Phi) is 4.19. The first-order valence-corrected chi connectivity index (χ1v) is 8.79. The summed E-state index contributed by atoms with van der Waals surface area (Å²) in [4.78, 5) is 0.311. The highest BCUT2D eigenvalue weighted by atomic mass is 32.2. The summed E-state index contributed by atoms with van der Waals surface area (Å²) >= 11 is 0. The zero-order valence-electron chi connectivity index (χ0n) is 12.2. The first kappa shape index (κ1) is 14.8. The van der Waals surface area contributed by atoms with Crippen LogP contribution in [0, 0.1) is 5.92 Å². The molecule has 1 aliphatic carbocycles. The van der Waals surface area contributed by atoms with Crippen molar-refractivity contribution in [1.29, 1.82) is 0 Å². The Morgan fingerprint density at radius 1 is 1.19 bits per heavy atom. The number of benzene rings is 1. The van der Waals surface area contributed by atoms with Crippen molar-refractivity contribution in [2.75, 3.05) is 26.8 Å². The summed E-state index contributed by atoms with van der Waals surface area (Å²) in [6, 6.07) is 6.52. The van der Waals surface area contributed by atoms with Gasteiger partial charge in [-0.3, -0.25) is 0 Å². The lowest BCUT2D eigenvalue weighted by Crippen LogP contribution is -2.30. The van der Waals surface area contributed by atoms with Crippen molar-refractivity contribution < 1.29 is 17.9 Å². The van der Waals surface area contributed by atoms with Gasteiger partial charge in [0.2, 0.25) is 10.0 Å². The quantitative estimate of drug-likeness (QED) is 0.805. The largest absolute Gasteiger partial charge is 0.497 e. The van der Waals surface area contributed by atoms with Gasteiger partial charge in [-0.15, -0.1) is 0 Å². The zero-order valence-corrected chi connectivity index (χ0v) is 13.0. The average molecular weight is 311 g/mol. The van der Waals surface area contributed by atoms with Crippen LogP contribution in [0.15, 0.2) is 29.2 Å². The Labute approximate surface area is 125 Å². The number of hydrogen-bond acceptors (Lipinski definition) is 4. The molecule has 3 rings (SSSR count). The first-order chi connectivity index (χ1) is 10.1. The third-order valence-corrected chi connectivity index (χ3v) is 5.95. The molecule has 0 amide bonds. The fourth-order valence-electron chi connectivity index (χ4n) is 2.51. The molecule has 1 atom stereocenters. The van der Waals surface area contributed by atoms with Gasteiger partial charge < -0.3 is 9.47 Å². The maximum Gasteiger partial charge on any atom is 0.243 e. The van der Waals surface area contributed by atoms with Crippen molar-refractivity contribution in [3.63, 3.8) is 0 Å². The van der Waals surface area contributed by atoms with Gasteiger partial charge in [-0.1, -0.05) is 0 Å². The molecule has 6 heteroatoms. The number of methoxy groups -OCH3 is 1. The van der Waals surface area contributed by atoms with E-state index in [0.717, 1.165) is 13.0 Å². The van der Waals surface area contributed by atoms with E-state index >= 15 is 0 Å². The van der Waals surface area contributed by atoms with Crippen molar-refractivity contribution in [3.05, 3.63) is 24.3 Å². The number of ether oxygens (including phenoxy) is 2. The summed E-state index contributed by atoms with van der Waals surface area (Å²) in [5.74, 6) is 1.36. The fourth-order valence-corrected chi connectivity index (χ4v) is 3.99. The molecule has 1 saturated heterocycles. The van der Waals surface area contributed by atoms with Crippen LogP contribution in [0.2, 0.25) is 0 Å². The normalized spacial score (nSPS) is 23.4. The standard InChI is InChI=1S/C15H21NO4S/c1-19-13-4-6-15(7-5-13)21(17,18)16-9-8-14(10-16)20-11-12-2-3-12/h4-7,12,14H,2-3,8-11H2,1H3. The molecular weight excluding hydrogens is 290 g/mol. The molecule has 2 aliphatic rings. The van der Waals surface area contributed by atoms with Crippen LogP contribution in [0.4, 0.5) is 0 Å². The third kappa shape index (κ3) is 3.39. The monoisotopic (exact) mass is 311 g/mol. The highest BCUT2D eigenvalue weighted by molar-refractivity contribution is 7.89. The van der Waals surface area contributed by atoms with Gasteiger partial charge in [-0.25, -0.2) is 8.42 Å². The van der Waals surface area contributed by atoms with E-state index in [1.807, 2.05) is 0 Å².